The van der Waals surface area contributed by atoms with Crippen LogP contribution in [0.1, 0.15) is 10.4 Å². The van der Waals surface area contributed by atoms with Gasteiger partial charge in [0.2, 0.25) is 0 Å². The molecule has 0 aliphatic heterocycles. The van der Waals surface area contributed by atoms with Gasteiger partial charge in [-0.05, 0) is 52.9 Å². The van der Waals surface area contributed by atoms with E-state index >= 15 is 0 Å². The number of nitrogens with one attached hydrogen (secondary N) is 1. The Kier molecular flexibility index (Phi) is 4.54. The zero-order chi connectivity index (χ0) is 14.0. The van der Waals surface area contributed by atoms with Gasteiger partial charge in [0.25, 0.3) is 5.91 Å². The number of anilines is 2. The van der Waals surface area contributed by atoms with Crippen molar-refractivity contribution in [1.29, 1.82) is 0 Å². The number of hydrogen-bond acceptors (Lipinski definition) is 2. The average Bonchev–Trinajstić information content (AvgIpc) is 2.35. The molecule has 6 heteroatoms. The first-order valence-electron chi connectivity index (χ1n) is 5.29. The molecule has 0 saturated carbocycles. The number of carbonyl (C=O) groups excluding carboxylic acids is 1. The molecule has 2 rings (SSSR count). The lowest BCUT2D eigenvalue weighted by atomic mass is 10.2. The average molecular weight is 407 g/mol. The molecule has 0 spiro atoms. The molecule has 0 aromatic heterocycles. The van der Waals surface area contributed by atoms with E-state index in [2.05, 4.69) is 27.9 Å². The van der Waals surface area contributed by atoms with Gasteiger partial charge in [-0.25, -0.2) is 0 Å². The van der Waals surface area contributed by atoms with Crippen LogP contribution in [0.4, 0.5) is 11.4 Å². The smallest absolute Gasteiger partial charge is 0.255 e. The summed E-state index contributed by atoms with van der Waals surface area (Å²) in [6.07, 6.45) is 0. The van der Waals surface area contributed by atoms with Gasteiger partial charge in [0, 0.05) is 14.8 Å². The van der Waals surface area contributed by atoms with Crippen LogP contribution < -0.4 is 11.1 Å². The molecule has 2 aromatic rings. The molecule has 0 unspecified atom stereocenters. The molecule has 0 bridgehead atoms. The lowest BCUT2D eigenvalue weighted by Gasteiger charge is -2.08. The van der Waals surface area contributed by atoms with Gasteiger partial charge in [-0.15, -0.1) is 0 Å². The van der Waals surface area contributed by atoms with Crippen molar-refractivity contribution in [3.63, 3.8) is 0 Å². The van der Waals surface area contributed by atoms with Gasteiger partial charge in [-0.1, -0.05) is 29.3 Å². The van der Waals surface area contributed by atoms with Crippen LogP contribution in [0.15, 0.2) is 36.4 Å². The highest BCUT2D eigenvalue weighted by Gasteiger charge is 2.11. The molecule has 0 aliphatic carbocycles. The first-order valence-corrected chi connectivity index (χ1v) is 7.12. The summed E-state index contributed by atoms with van der Waals surface area (Å²) in [5.41, 5.74) is 7.03. The van der Waals surface area contributed by atoms with Crippen LogP contribution in [-0.4, -0.2) is 5.91 Å². The topological polar surface area (TPSA) is 55.1 Å². The van der Waals surface area contributed by atoms with Gasteiger partial charge in [-0.2, -0.15) is 0 Å². The molecule has 0 atom stereocenters. The predicted octanol–water partition coefficient (Wildman–Crippen LogP) is 4.43. The first-order chi connectivity index (χ1) is 8.97. The number of rotatable bonds is 2. The summed E-state index contributed by atoms with van der Waals surface area (Å²) in [4.78, 5) is 12.1. The maximum absolute atomic E-state index is 12.1. The fraction of sp³-hybridized carbons (Fsp3) is 0. The van der Waals surface area contributed by atoms with Crippen molar-refractivity contribution in [2.75, 3.05) is 11.1 Å². The Bertz CT molecular complexity index is 623. The highest BCUT2D eigenvalue weighted by atomic mass is 127. The molecule has 98 valence electrons. The maximum Gasteiger partial charge on any atom is 0.255 e. The molecular formula is C13H9Cl2IN2O. The van der Waals surface area contributed by atoms with Crippen molar-refractivity contribution in [2.45, 2.75) is 0 Å². The molecule has 2 aromatic carbocycles. The van der Waals surface area contributed by atoms with Crippen LogP contribution >= 0.6 is 45.8 Å². The Morgan fingerprint density at radius 3 is 2.58 bits per heavy atom. The summed E-state index contributed by atoms with van der Waals surface area (Å²) in [5.74, 6) is -0.285. The molecule has 0 radical (unpaired) electrons. The van der Waals surface area contributed by atoms with Crippen molar-refractivity contribution in [3.05, 3.63) is 55.6 Å². The predicted molar refractivity (Wildman–Crippen MR) is 88.0 cm³/mol. The summed E-state index contributed by atoms with van der Waals surface area (Å²) in [5, 5.41) is 3.29. The van der Waals surface area contributed by atoms with Crippen LogP contribution in [0, 0.1) is 3.57 Å². The number of hydrogen-bond donors (Lipinski definition) is 2. The lowest BCUT2D eigenvalue weighted by Crippen LogP contribution is -2.12. The summed E-state index contributed by atoms with van der Waals surface area (Å²) in [6.45, 7) is 0. The Morgan fingerprint density at radius 2 is 1.95 bits per heavy atom. The zero-order valence-corrected chi connectivity index (χ0v) is 13.3. The fourth-order valence-corrected chi connectivity index (χ4v) is 2.39. The number of benzene rings is 2. The summed E-state index contributed by atoms with van der Waals surface area (Å²) >= 11 is 13.9. The number of nitrogen functional groups attached to an aromatic ring is 1. The minimum absolute atomic E-state index is 0.257. The fourth-order valence-electron chi connectivity index (χ4n) is 1.51. The number of halogens is 3. The molecule has 0 fully saturated rings. The quantitative estimate of drug-likeness (QED) is 0.572. The van der Waals surface area contributed by atoms with Gasteiger partial charge < -0.3 is 11.1 Å². The van der Waals surface area contributed by atoms with E-state index in [-0.39, 0.29) is 21.6 Å². The molecule has 0 saturated heterocycles. The van der Waals surface area contributed by atoms with Crippen LogP contribution in [0.3, 0.4) is 0 Å². The third-order valence-corrected chi connectivity index (χ3v) is 3.89. The molecular weight excluding hydrogens is 398 g/mol. The Hall–Kier alpha value is -0.980. The molecule has 0 aliphatic rings. The third kappa shape index (κ3) is 3.52. The van der Waals surface area contributed by atoms with E-state index in [1.807, 2.05) is 18.2 Å². The molecule has 0 heterocycles. The van der Waals surface area contributed by atoms with Gasteiger partial charge in [0.05, 0.1) is 15.7 Å². The van der Waals surface area contributed by atoms with Crippen LogP contribution in [-0.2, 0) is 0 Å². The van der Waals surface area contributed by atoms with Crippen molar-refractivity contribution >= 4 is 63.1 Å². The molecule has 3 N–H and O–H groups in total. The summed E-state index contributed by atoms with van der Waals surface area (Å²) < 4.78 is 1.03. The maximum atomic E-state index is 12.1. The van der Waals surface area contributed by atoms with Crippen LogP contribution in [0.25, 0.3) is 0 Å². The highest BCUT2D eigenvalue weighted by molar-refractivity contribution is 14.1. The van der Waals surface area contributed by atoms with Crippen LogP contribution in [0.5, 0.6) is 0 Å². The monoisotopic (exact) mass is 406 g/mol. The van der Waals surface area contributed by atoms with E-state index in [0.29, 0.717) is 11.3 Å². The minimum Gasteiger partial charge on any atom is -0.397 e. The number of carbonyl (C=O) groups is 1. The number of nitrogens with two attached hydrogens (primary N) is 1. The second kappa shape index (κ2) is 5.98. The summed E-state index contributed by atoms with van der Waals surface area (Å²) in [6, 6.07) is 10.5. The van der Waals surface area contributed by atoms with E-state index < -0.39 is 0 Å². The van der Waals surface area contributed by atoms with E-state index in [1.165, 1.54) is 12.1 Å². The zero-order valence-electron chi connectivity index (χ0n) is 9.58. The standard InChI is InChI=1S/C13H9Cl2IN2O/c14-10-4-7(5-11(17)12(10)15)13(19)18-9-3-1-2-8(16)6-9/h1-6H,17H2,(H,18,19). The van der Waals surface area contributed by atoms with Gasteiger partial charge in [0.1, 0.15) is 0 Å². The van der Waals surface area contributed by atoms with E-state index in [9.17, 15) is 4.79 Å². The Labute approximate surface area is 134 Å². The van der Waals surface area contributed by atoms with Crippen LogP contribution in [0.2, 0.25) is 10.0 Å². The first kappa shape index (κ1) is 14.4. The third-order valence-electron chi connectivity index (χ3n) is 2.40. The Morgan fingerprint density at radius 1 is 1.21 bits per heavy atom. The number of amides is 1. The minimum atomic E-state index is -0.285. The molecule has 19 heavy (non-hydrogen) atoms. The van der Waals surface area contributed by atoms with E-state index in [0.717, 1.165) is 3.57 Å². The van der Waals surface area contributed by atoms with Crippen molar-refractivity contribution in [2.24, 2.45) is 0 Å². The highest BCUT2D eigenvalue weighted by Crippen LogP contribution is 2.29. The van der Waals surface area contributed by atoms with Gasteiger partial charge in [0.15, 0.2) is 0 Å². The SMILES string of the molecule is Nc1cc(C(=O)Nc2cccc(I)c2)cc(Cl)c1Cl. The Balaban J connectivity index is 2.25. The second-order valence-corrected chi connectivity index (χ2v) is 5.86. The van der Waals surface area contributed by atoms with Crippen molar-refractivity contribution in [3.8, 4) is 0 Å². The van der Waals surface area contributed by atoms with Crippen molar-refractivity contribution < 1.29 is 4.79 Å². The summed E-state index contributed by atoms with van der Waals surface area (Å²) in [7, 11) is 0. The second-order valence-electron chi connectivity index (χ2n) is 3.83. The molecule has 1 amide bonds. The molecule has 3 nitrogen and oxygen atoms in total. The van der Waals surface area contributed by atoms with E-state index in [4.69, 9.17) is 28.9 Å². The van der Waals surface area contributed by atoms with E-state index in [1.54, 1.807) is 6.07 Å². The van der Waals surface area contributed by atoms with Gasteiger partial charge >= 0.3 is 0 Å². The van der Waals surface area contributed by atoms with Gasteiger partial charge in [-0.3, -0.25) is 4.79 Å². The van der Waals surface area contributed by atoms with Crippen molar-refractivity contribution in [1.82, 2.24) is 0 Å². The normalized spacial score (nSPS) is 10.3. The lowest BCUT2D eigenvalue weighted by molar-refractivity contribution is 0.102. The largest absolute Gasteiger partial charge is 0.397 e.